The highest BCUT2D eigenvalue weighted by atomic mass is 19.4. The number of halogens is 6. The van der Waals surface area contributed by atoms with Crippen molar-refractivity contribution < 1.29 is 35.8 Å². The Labute approximate surface area is 98.9 Å². The van der Waals surface area contributed by atoms with Crippen LogP contribution in [0.25, 0.3) is 0 Å². The first kappa shape index (κ1) is 14.5. The molecule has 2 nitrogen and oxygen atoms in total. The minimum atomic E-state index is -5.13. The Kier molecular flexibility index (Phi) is 4.03. The number of hydrogen-bond acceptors (Lipinski definition) is 2. The van der Waals surface area contributed by atoms with Gasteiger partial charge in [0, 0.05) is 0 Å². The van der Waals surface area contributed by atoms with Gasteiger partial charge in [0.1, 0.15) is 0 Å². The number of hydrogen-bond donors (Lipinski definition) is 0. The third-order valence-corrected chi connectivity index (χ3v) is 1.70. The summed E-state index contributed by atoms with van der Waals surface area (Å²) >= 11 is 0. The van der Waals surface area contributed by atoms with Crippen molar-refractivity contribution in [2.24, 2.45) is 0 Å². The number of benzene rings is 1. The zero-order valence-corrected chi connectivity index (χ0v) is 8.60. The summed E-state index contributed by atoms with van der Waals surface area (Å²) in [5.41, 5.74) is 0.170. The van der Waals surface area contributed by atoms with Crippen LogP contribution in [0.4, 0.5) is 26.3 Å². The van der Waals surface area contributed by atoms with Gasteiger partial charge in [0.15, 0.2) is 11.5 Å². The van der Waals surface area contributed by atoms with Crippen LogP contribution in [-0.4, -0.2) is 20.6 Å². The molecule has 0 atom stereocenters. The van der Waals surface area contributed by atoms with Crippen LogP contribution in [0.15, 0.2) is 18.2 Å². The molecule has 0 aliphatic carbocycles. The summed E-state index contributed by atoms with van der Waals surface area (Å²) in [5, 5.41) is 0. The molecule has 2 radical (unpaired) electrons. The molecule has 9 heteroatoms. The lowest BCUT2D eigenvalue weighted by Crippen LogP contribution is -2.21. The van der Waals surface area contributed by atoms with Gasteiger partial charge in [0.2, 0.25) is 0 Å². The van der Waals surface area contributed by atoms with Crippen LogP contribution in [0.1, 0.15) is 5.56 Å². The second-order valence-electron chi connectivity index (χ2n) is 3.08. The molecule has 1 aromatic rings. The SMILES string of the molecule is [B]Cc1ccc(OC(F)(F)F)c(OC(F)(F)F)c1. The third-order valence-electron chi connectivity index (χ3n) is 1.70. The van der Waals surface area contributed by atoms with Gasteiger partial charge in [-0.05, 0) is 12.1 Å². The molecular formula is C9H5BF6O2. The molecule has 0 aromatic heterocycles. The highest BCUT2D eigenvalue weighted by Gasteiger charge is 2.36. The molecule has 0 saturated heterocycles. The molecule has 0 spiro atoms. The summed E-state index contributed by atoms with van der Waals surface area (Å²) in [6.07, 6.45) is -10.4. The van der Waals surface area contributed by atoms with E-state index >= 15 is 0 Å². The summed E-state index contributed by atoms with van der Waals surface area (Å²) < 4.78 is 78.7. The summed E-state index contributed by atoms with van der Waals surface area (Å²) in [6, 6.07) is 2.54. The molecule has 0 fully saturated rings. The van der Waals surface area contributed by atoms with Crippen molar-refractivity contribution in [1.82, 2.24) is 0 Å². The maximum absolute atomic E-state index is 12.0. The molecule has 98 valence electrons. The minimum absolute atomic E-state index is 0.152. The molecule has 0 bridgehead atoms. The normalized spacial score (nSPS) is 12.3. The topological polar surface area (TPSA) is 18.5 Å². The van der Waals surface area contributed by atoms with Crippen molar-refractivity contribution in [2.75, 3.05) is 0 Å². The van der Waals surface area contributed by atoms with Gasteiger partial charge in [-0.1, -0.05) is 17.9 Å². The molecule has 0 amide bonds. The first-order chi connectivity index (χ1) is 8.11. The van der Waals surface area contributed by atoms with Gasteiger partial charge in [-0.15, -0.1) is 26.3 Å². The maximum atomic E-state index is 12.0. The predicted molar refractivity (Wildman–Crippen MR) is 49.3 cm³/mol. The Bertz CT molecular complexity index is 414. The predicted octanol–water partition coefficient (Wildman–Crippen LogP) is 3.15. The fourth-order valence-electron chi connectivity index (χ4n) is 1.09. The second kappa shape index (κ2) is 4.99. The van der Waals surface area contributed by atoms with Crippen LogP contribution in [0.3, 0.4) is 0 Å². The van der Waals surface area contributed by atoms with Gasteiger partial charge < -0.3 is 9.47 Å². The molecule has 1 rings (SSSR count). The second-order valence-corrected chi connectivity index (χ2v) is 3.08. The van der Waals surface area contributed by atoms with E-state index in [0.29, 0.717) is 6.07 Å². The third kappa shape index (κ3) is 4.76. The van der Waals surface area contributed by atoms with E-state index in [9.17, 15) is 26.3 Å². The quantitative estimate of drug-likeness (QED) is 0.620. The number of ether oxygens (including phenoxy) is 2. The summed E-state index contributed by atoms with van der Waals surface area (Å²) in [6.45, 7) is 0. The van der Waals surface area contributed by atoms with E-state index in [1.165, 1.54) is 0 Å². The largest absolute Gasteiger partial charge is 0.573 e. The van der Waals surface area contributed by atoms with E-state index in [1.807, 2.05) is 0 Å². The molecule has 0 heterocycles. The van der Waals surface area contributed by atoms with Crippen molar-refractivity contribution in [2.45, 2.75) is 19.0 Å². The molecular weight excluding hydrogens is 265 g/mol. The van der Waals surface area contributed by atoms with E-state index in [1.54, 1.807) is 0 Å². The van der Waals surface area contributed by atoms with Crippen molar-refractivity contribution in [3.05, 3.63) is 23.8 Å². The summed E-state index contributed by atoms with van der Waals surface area (Å²) in [7, 11) is 5.16. The Balaban J connectivity index is 3.08. The van der Waals surface area contributed by atoms with Gasteiger partial charge in [0.05, 0.1) is 7.85 Å². The Morgan fingerprint density at radius 2 is 1.39 bits per heavy atom. The molecule has 0 unspecified atom stereocenters. The standard InChI is InChI=1S/C9H5BF6O2/c10-4-5-1-2-6(17-8(11,12)13)7(3-5)18-9(14,15)16/h1-3H,4H2. The van der Waals surface area contributed by atoms with Gasteiger partial charge >= 0.3 is 12.7 Å². The lowest BCUT2D eigenvalue weighted by molar-refractivity contribution is -0.287. The van der Waals surface area contributed by atoms with E-state index in [-0.39, 0.29) is 11.9 Å². The molecule has 0 aliphatic rings. The fourth-order valence-corrected chi connectivity index (χ4v) is 1.09. The van der Waals surface area contributed by atoms with Gasteiger partial charge in [-0.3, -0.25) is 0 Å². The molecule has 1 aromatic carbocycles. The average Bonchev–Trinajstić information content (AvgIpc) is 2.16. The maximum Gasteiger partial charge on any atom is 0.573 e. The van der Waals surface area contributed by atoms with E-state index in [2.05, 4.69) is 9.47 Å². The Morgan fingerprint density at radius 1 is 0.889 bits per heavy atom. The number of alkyl halides is 6. The average molecular weight is 270 g/mol. The zero-order chi connectivity index (χ0) is 14.0. The number of rotatable bonds is 3. The van der Waals surface area contributed by atoms with Crippen molar-refractivity contribution >= 4 is 7.85 Å². The first-order valence-electron chi connectivity index (χ1n) is 4.45. The first-order valence-corrected chi connectivity index (χ1v) is 4.45. The van der Waals surface area contributed by atoms with Crippen LogP contribution >= 0.6 is 0 Å². The smallest absolute Gasteiger partial charge is 0.402 e. The van der Waals surface area contributed by atoms with E-state index in [0.717, 1.165) is 12.1 Å². The van der Waals surface area contributed by atoms with Gasteiger partial charge in [-0.25, -0.2) is 0 Å². The van der Waals surface area contributed by atoms with E-state index < -0.39 is 24.2 Å². The monoisotopic (exact) mass is 270 g/mol. The lowest BCUT2D eigenvalue weighted by atomic mass is 9.97. The van der Waals surface area contributed by atoms with Crippen LogP contribution in [0, 0.1) is 0 Å². The van der Waals surface area contributed by atoms with Crippen LogP contribution < -0.4 is 9.47 Å². The molecule has 0 aliphatic heterocycles. The van der Waals surface area contributed by atoms with Crippen molar-refractivity contribution in [3.8, 4) is 11.5 Å². The molecule has 0 N–H and O–H groups in total. The Morgan fingerprint density at radius 3 is 1.83 bits per heavy atom. The lowest BCUT2D eigenvalue weighted by Gasteiger charge is -2.16. The highest BCUT2D eigenvalue weighted by Crippen LogP contribution is 2.36. The highest BCUT2D eigenvalue weighted by molar-refractivity contribution is 6.08. The van der Waals surface area contributed by atoms with Gasteiger partial charge in [0.25, 0.3) is 0 Å². The minimum Gasteiger partial charge on any atom is -0.402 e. The Hall–Kier alpha value is -1.54. The van der Waals surface area contributed by atoms with Gasteiger partial charge in [-0.2, -0.15) is 0 Å². The van der Waals surface area contributed by atoms with Crippen molar-refractivity contribution in [1.29, 1.82) is 0 Å². The summed E-state index contributed by atoms with van der Waals surface area (Å²) in [4.78, 5) is 0. The van der Waals surface area contributed by atoms with Crippen molar-refractivity contribution in [3.63, 3.8) is 0 Å². The summed E-state index contributed by atoms with van der Waals surface area (Å²) in [5.74, 6) is -2.18. The van der Waals surface area contributed by atoms with E-state index in [4.69, 9.17) is 7.85 Å². The van der Waals surface area contributed by atoms with Crippen LogP contribution in [0.5, 0.6) is 11.5 Å². The molecule has 0 saturated carbocycles. The fraction of sp³-hybridized carbons (Fsp3) is 0.333. The van der Waals surface area contributed by atoms with Crippen LogP contribution in [0.2, 0.25) is 0 Å². The van der Waals surface area contributed by atoms with Crippen LogP contribution in [-0.2, 0) is 6.32 Å². The zero-order valence-electron chi connectivity index (χ0n) is 8.60. The molecule has 18 heavy (non-hydrogen) atoms.